The van der Waals surface area contributed by atoms with E-state index in [2.05, 4.69) is 15.0 Å². The minimum absolute atomic E-state index is 0.0208. The molecule has 32 heteroatoms. The Morgan fingerprint density at radius 3 is 1.25 bits per heavy atom. The number of nitrogens with one attached hydrogen (secondary N) is 2. The van der Waals surface area contributed by atoms with Crippen LogP contribution in [-0.2, 0) is 62.4 Å². The highest BCUT2D eigenvalue weighted by molar-refractivity contribution is 7.98. The van der Waals surface area contributed by atoms with E-state index in [1.165, 1.54) is 20.2 Å². The third-order valence-electron chi connectivity index (χ3n) is 11.1. The van der Waals surface area contributed by atoms with Crippen LogP contribution in [0.2, 0.25) is 0 Å². The number of aliphatic hydroxyl groups is 1. The van der Waals surface area contributed by atoms with Crippen molar-refractivity contribution in [3.05, 3.63) is 90.1 Å². The van der Waals surface area contributed by atoms with Crippen LogP contribution in [0.5, 0.6) is 0 Å². The average molecular weight is 1260 g/mol. The fourth-order valence-corrected chi connectivity index (χ4v) is 5.75. The number of carboxylic acids is 9. The molecule has 4 aromatic rings. The lowest BCUT2D eigenvalue weighted by atomic mass is 10.0. The number of nitrogens with zero attached hydrogens (tertiary/aromatic N) is 1. The summed E-state index contributed by atoms with van der Waals surface area (Å²) in [6.45, 7) is 14.0. The lowest BCUT2D eigenvalue weighted by molar-refractivity contribution is -0.141. The SMILES string of the molecule is CC(C)C(N)C(=O)O.CC(C)CC(N)C(=O)O.CC(N)C(=O)O.CC(O)C(N)C(=O)O.CCC(C)C(N)C(=O)O.CSCCC(N)C(=O)O.NC(Cc1c[nH]c2ccccc12)C(=O)O.NC(Cc1c[nH]cn1)C(=O)O.NC(Cc1ccccc1)C(=O)O. The molecule has 31 nitrogen and oxygen atoms in total. The highest BCUT2D eigenvalue weighted by atomic mass is 32.2. The Hall–Kier alpha value is -7.63. The molecule has 0 aliphatic rings. The number of aromatic amines is 2. The van der Waals surface area contributed by atoms with Crippen LogP contribution in [0.15, 0.2) is 73.3 Å². The lowest BCUT2D eigenvalue weighted by Crippen LogP contribution is -2.39. The van der Waals surface area contributed by atoms with Crippen molar-refractivity contribution < 1.29 is 94.2 Å². The van der Waals surface area contributed by atoms with Gasteiger partial charge in [0, 0.05) is 36.1 Å². The van der Waals surface area contributed by atoms with E-state index in [1.54, 1.807) is 31.8 Å². The number of H-pyrrole nitrogens is 2. The molecule has 2 heterocycles. The number of rotatable bonds is 24. The molecule has 0 spiro atoms. The highest BCUT2D eigenvalue weighted by Gasteiger charge is 2.19. The average Bonchev–Trinajstić information content (AvgIpc) is 2.37. The fourth-order valence-electron chi connectivity index (χ4n) is 5.26. The maximum atomic E-state index is 10.6. The van der Waals surface area contributed by atoms with Crippen LogP contribution in [0.4, 0.5) is 0 Å². The van der Waals surface area contributed by atoms with Gasteiger partial charge in [-0.2, -0.15) is 11.8 Å². The largest absolute Gasteiger partial charge is 0.480 e. The van der Waals surface area contributed by atoms with E-state index >= 15 is 0 Å². The van der Waals surface area contributed by atoms with Crippen LogP contribution in [0.25, 0.3) is 10.9 Å². The Morgan fingerprint density at radius 2 is 0.943 bits per heavy atom. The second kappa shape index (κ2) is 50.5. The molecule has 0 saturated carbocycles. The molecule has 30 N–H and O–H groups in total. The molecule has 0 radical (unpaired) electrons. The number of thioether (sulfide) groups is 1. The van der Waals surface area contributed by atoms with Gasteiger partial charge in [0.05, 0.1) is 18.1 Å². The summed E-state index contributed by atoms with van der Waals surface area (Å²) >= 11 is 1.60. The first-order valence-corrected chi connectivity index (χ1v) is 28.1. The Balaban J connectivity index is -0.000000293. The smallest absolute Gasteiger partial charge is 0.323 e. The zero-order valence-electron chi connectivity index (χ0n) is 50.6. The van der Waals surface area contributed by atoms with Gasteiger partial charge in [0.25, 0.3) is 0 Å². The minimum Gasteiger partial charge on any atom is -0.480 e. The molecular weight excluding hydrogens is 1160 g/mol. The predicted octanol–water partition coefficient (Wildman–Crippen LogP) is 0.419. The molecular formula is C55H96N12O19S. The first kappa shape index (κ1) is 88.1. The summed E-state index contributed by atoms with van der Waals surface area (Å²) in [6.07, 6.45) is 8.79. The molecule has 496 valence electrons. The minimum atomic E-state index is -1.18. The summed E-state index contributed by atoms with van der Waals surface area (Å²) in [5, 5.41) is 84.3. The van der Waals surface area contributed by atoms with Crippen molar-refractivity contribution >= 4 is 76.4 Å². The Morgan fingerprint density at radius 1 is 0.517 bits per heavy atom. The van der Waals surface area contributed by atoms with Crippen molar-refractivity contribution in [1.29, 1.82) is 0 Å². The van der Waals surface area contributed by atoms with Crippen molar-refractivity contribution in [1.82, 2.24) is 15.0 Å². The van der Waals surface area contributed by atoms with E-state index in [0.717, 1.165) is 34.2 Å². The molecule has 4 rings (SSSR count). The second-order valence-corrected chi connectivity index (χ2v) is 20.7. The zero-order chi connectivity index (χ0) is 68.9. The van der Waals surface area contributed by atoms with Gasteiger partial charge < -0.3 is 113 Å². The summed E-state index contributed by atoms with van der Waals surface area (Å²) in [5.74, 6) is -7.49. The first-order chi connectivity index (χ1) is 40.1. The molecule has 2 aromatic carbocycles. The van der Waals surface area contributed by atoms with Gasteiger partial charge in [-0.15, -0.1) is 0 Å². The van der Waals surface area contributed by atoms with Crippen molar-refractivity contribution in [2.24, 2.45) is 69.4 Å². The molecule has 11 atom stereocenters. The third kappa shape index (κ3) is 48.2. The molecule has 0 saturated heterocycles. The summed E-state index contributed by atoms with van der Waals surface area (Å²) < 4.78 is 0. The molecule has 0 aliphatic heterocycles. The van der Waals surface area contributed by atoms with Gasteiger partial charge in [-0.3, -0.25) is 43.2 Å². The molecule has 2 aromatic heterocycles. The Labute approximate surface area is 509 Å². The molecule has 11 unspecified atom stereocenters. The van der Waals surface area contributed by atoms with Crippen LogP contribution < -0.4 is 51.6 Å². The predicted molar refractivity (Wildman–Crippen MR) is 329 cm³/mol. The third-order valence-corrected chi connectivity index (χ3v) is 11.7. The maximum absolute atomic E-state index is 10.6. The van der Waals surface area contributed by atoms with Crippen LogP contribution in [0.1, 0.15) is 91.5 Å². The number of fused-ring (bicyclic) bond motifs is 1. The number of carbonyl (C=O) groups is 9. The maximum Gasteiger partial charge on any atom is 0.323 e. The van der Waals surface area contributed by atoms with Crippen LogP contribution in [0, 0.1) is 17.8 Å². The number of hydrogen-bond acceptors (Lipinski definition) is 21. The van der Waals surface area contributed by atoms with E-state index in [-0.39, 0.29) is 18.3 Å². The van der Waals surface area contributed by atoms with Crippen molar-refractivity contribution in [2.45, 2.75) is 154 Å². The van der Waals surface area contributed by atoms with Gasteiger partial charge in [-0.25, -0.2) is 4.98 Å². The first-order valence-electron chi connectivity index (χ1n) is 26.7. The summed E-state index contributed by atoms with van der Waals surface area (Å²) in [6, 6.07) is 9.92. The summed E-state index contributed by atoms with van der Waals surface area (Å²) in [4.78, 5) is 101. The van der Waals surface area contributed by atoms with E-state index in [1.807, 2.05) is 94.7 Å². The quantitative estimate of drug-likeness (QED) is 0.0452. The number of carboxylic acid groups (broad SMARTS) is 9. The fraction of sp³-hybridized carbons (Fsp3) is 0.527. The van der Waals surface area contributed by atoms with Crippen LogP contribution >= 0.6 is 11.8 Å². The Bertz CT molecular complexity index is 2520. The van der Waals surface area contributed by atoms with E-state index < -0.39 is 114 Å². The highest BCUT2D eigenvalue weighted by Crippen LogP contribution is 2.18. The number of aliphatic carboxylic acids is 9. The molecule has 0 fully saturated rings. The molecule has 87 heavy (non-hydrogen) atoms. The van der Waals surface area contributed by atoms with Crippen LogP contribution in [0.3, 0.4) is 0 Å². The summed E-state index contributed by atoms with van der Waals surface area (Å²) in [7, 11) is 0. The van der Waals surface area contributed by atoms with E-state index in [0.29, 0.717) is 37.3 Å². The van der Waals surface area contributed by atoms with E-state index in [9.17, 15) is 43.2 Å². The van der Waals surface area contributed by atoms with Crippen molar-refractivity contribution in [2.75, 3.05) is 12.0 Å². The number of para-hydroxylation sites is 1. The van der Waals surface area contributed by atoms with Gasteiger partial charge in [-0.05, 0) is 80.1 Å². The number of hydrogen-bond donors (Lipinski definition) is 21. The normalized spacial score (nSPS) is 13.9. The van der Waals surface area contributed by atoms with Gasteiger partial charge >= 0.3 is 53.7 Å². The Kier molecular flexibility index (Phi) is 51.2. The molecule has 0 amide bonds. The molecule has 0 bridgehead atoms. The monoisotopic (exact) mass is 1260 g/mol. The number of nitrogens with two attached hydrogens (primary N) is 9. The molecule has 0 aliphatic carbocycles. The summed E-state index contributed by atoms with van der Waals surface area (Å²) in [5.41, 5.74) is 50.2. The van der Waals surface area contributed by atoms with Gasteiger partial charge in [0.2, 0.25) is 0 Å². The second-order valence-electron chi connectivity index (χ2n) is 19.7. The topological polar surface area (TPSA) is 635 Å². The van der Waals surface area contributed by atoms with Gasteiger partial charge in [0.15, 0.2) is 0 Å². The standard InChI is InChI=1S/C11H12N2O2.C9H11NO2.C6H9N3O2.2C6H13NO2.C5H11NO2S.C5H11NO2.C4H9NO3.C3H7NO2/c12-9(11(14)15)5-7-6-13-10-4-2-1-3-8(7)10;10-8(9(11)12)6-7-4-2-1-3-5-7;7-5(6(10)11)1-4-2-8-3-9-4;1-4(2)3-5(7)6(8)9;1-3-4(2)5(7)6(8)9;1-9-3-2-4(6)5(7)8;1-3(2)4(6)5(7)8;1-2(6)3(5)4(7)8;1-2(4)3(5)6/h1-4,6,9,13H,5,12H2,(H,14,15);1-5,8H,6,10H2,(H,11,12);2-3,5H,1,7H2,(H,8,9)(H,10,11);2*4-5H,3,7H2,1-2H3,(H,8,9);4H,2-3,6H2,1H3,(H,7,8);3-4H,6H2,1-2H3,(H,7,8);2-3,6H,5H2,1H3,(H,7,8);2H,4H2,1H3,(H,5,6). The van der Waals surface area contributed by atoms with E-state index in [4.69, 9.17) is 103 Å². The number of benzene rings is 2. The number of imidazole rings is 1. The lowest BCUT2D eigenvalue weighted by Gasteiger charge is -2.11. The number of aliphatic hydroxyl groups excluding tert-OH is 1. The van der Waals surface area contributed by atoms with Crippen LogP contribution in [-0.4, -0.2) is 192 Å². The number of aromatic nitrogens is 3. The van der Waals surface area contributed by atoms with Crippen molar-refractivity contribution in [3.63, 3.8) is 0 Å². The van der Waals surface area contributed by atoms with Gasteiger partial charge in [0.1, 0.15) is 54.4 Å². The zero-order valence-corrected chi connectivity index (χ0v) is 51.4. The van der Waals surface area contributed by atoms with Crippen molar-refractivity contribution in [3.8, 4) is 0 Å². The van der Waals surface area contributed by atoms with Gasteiger partial charge in [-0.1, -0.05) is 96.5 Å².